The average molecular weight is 1090 g/mol. The number of aliphatic hydroxyl groups is 3. The van der Waals surface area contributed by atoms with Gasteiger partial charge in [0.15, 0.2) is 0 Å². The lowest BCUT2D eigenvalue weighted by molar-refractivity contribution is -0.332. The summed E-state index contributed by atoms with van der Waals surface area (Å²) >= 11 is 0. The first-order valence-corrected chi connectivity index (χ1v) is 29.2. The van der Waals surface area contributed by atoms with Crippen molar-refractivity contribution in [3.8, 4) is 0 Å². The lowest BCUT2D eigenvalue weighted by atomic mass is 9.81. The quantitative estimate of drug-likeness (QED) is 0.0810. The zero-order chi connectivity index (χ0) is 51.8. The van der Waals surface area contributed by atoms with Gasteiger partial charge < -0.3 is 67.4 Å². The maximum atomic E-state index is 11.9. The second-order valence-corrected chi connectivity index (χ2v) is 24.3. The zero-order valence-electron chi connectivity index (χ0n) is 41.2. The van der Waals surface area contributed by atoms with Crippen LogP contribution in [0, 0.1) is 0 Å². The minimum atomic E-state index is -4.86. The summed E-state index contributed by atoms with van der Waals surface area (Å²) in [4.78, 5) is 0. The van der Waals surface area contributed by atoms with Crippen LogP contribution in [-0.2, 0) is 81.3 Å². The molecule has 11 aliphatic rings. The molecule has 18 unspecified atom stereocenters. The van der Waals surface area contributed by atoms with E-state index in [4.69, 9.17) is 60.8 Å². The fourth-order valence-corrected chi connectivity index (χ4v) is 14.6. The number of aliphatic hydroxyl groups excluding tert-OH is 3. The molecule has 416 valence electrons. The van der Waals surface area contributed by atoms with Crippen LogP contribution in [0.15, 0.2) is 49.1 Å². The molecular weight excluding hydrogens is 1020 g/mol. The van der Waals surface area contributed by atoms with Crippen molar-refractivity contribution in [2.24, 2.45) is 0 Å². The maximum Gasteiger partial charge on any atom is 0.397 e. The molecule has 22 nitrogen and oxygen atoms in total. The molecule has 11 fully saturated rings. The van der Waals surface area contributed by atoms with Crippen molar-refractivity contribution in [3.63, 3.8) is 0 Å². The van der Waals surface area contributed by atoms with Crippen LogP contribution in [0.5, 0.6) is 0 Å². The van der Waals surface area contributed by atoms with Crippen LogP contribution < -0.4 is 0 Å². The van der Waals surface area contributed by atoms with Crippen molar-refractivity contribution in [1.82, 2.24) is 0 Å². The highest BCUT2D eigenvalue weighted by Gasteiger charge is 2.58. The molecule has 0 aliphatic carbocycles. The predicted molar refractivity (Wildman–Crippen MR) is 254 cm³/mol. The van der Waals surface area contributed by atoms with E-state index in [0.717, 1.165) is 32.1 Å². The second-order valence-electron chi connectivity index (χ2n) is 22.1. The Balaban J connectivity index is 0.698. The Morgan fingerprint density at radius 1 is 0.595 bits per heavy atom. The molecular formula is C50H72O22S2. The van der Waals surface area contributed by atoms with Gasteiger partial charge in [-0.3, -0.25) is 9.11 Å². The van der Waals surface area contributed by atoms with Crippen molar-refractivity contribution < 1.29 is 102 Å². The van der Waals surface area contributed by atoms with Crippen molar-refractivity contribution in [3.05, 3.63) is 49.1 Å². The summed E-state index contributed by atoms with van der Waals surface area (Å²) in [5.41, 5.74) is 1.04. The molecule has 0 amide bonds. The Morgan fingerprint density at radius 2 is 1.04 bits per heavy atom. The van der Waals surface area contributed by atoms with Crippen molar-refractivity contribution >= 4 is 20.8 Å². The molecule has 74 heavy (non-hydrogen) atoms. The van der Waals surface area contributed by atoms with E-state index >= 15 is 0 Å². The summed E-state index contributed by atoms with van der Waals surface area (Å²) in [6.45, 7) is 11.2. The van der Waals surface area contributed by atoms with Gasteiger partial charge in [-0.2, -0.15) is 16.8 Å². The predicted octanol–water partition coefficient (Wildman–Crippen LogP) is 2.22. The standard InChI is InChI=1S/C50H72O22S2/c1-4-25(51)23(2)10-11-26(52)48-24(3)15-32-43(70-48)22-46-50(71-32)47(53)49-45(68-46)21-36-28(69-49)8-5-7-27-33(64-36)16-34-30(61-27)12-13-31-35(65-34)17-39-37(63-31)18-41-40(66-39)19-38-42(67-41)20-44(72-74(57,58)59)29(62-38)9-6-14-60-73(54,55)56/h4,10-11,25-53H,1-3,5-9,12-22H2,(H,54,55,56)(H,57,58,59)/b11-10+/t25?,26-,27+,28?,29-,30-,31?,32?,33?,34?,35?,36?,37?,38?,39?,40-,41?,42?,43?,44?,45?,46?,47-,48+,49?,50+/m1/s1. The number of hydrogen-bond donors (Lipinski definition) is 5. The molecule has 0 spiro atoms. The molecule has 11 saturated heterocycles. The minimum absolute atomic E-state index is 0.0846. The summed E-state index contributed by atoms with van der Waals surface area (Å²) in [6, 6.07) is 0. The SMILES string of the molecule is C=CC(O)C(=C)/C=C/[C@@H](O)[C@H]1OC2CC3OC4CC5OC6CC7OC8CC9O[C@@H]%10CC%11O[C@H](CCCOS(=O)(=O)O)C(OS(=O)(=O)O)CC%11OC%10CC9OC8CC[C@H]7O[C@H]6CCCC5OC4[C@@H](O)[C@H]3OC2CC1=C. The van der Waals surface area contributed by atoms with Crippen LogP contribution in [-0.4, -0.2) is 207 Å². The highest BCUT2D eigenvalue weighted by atomic mass is 32.3. The Hall–Kier alpha value is -1.86. The number of fused-ring (bicyclic) bond motifs is 10. The zero-order valence-corrected chi connectivity index (χ0v) is 42.8. The fraction of sp³-hybridized carbons (Fsp3) is 0.840. The van der Waals surface area contributed by atoms with E-state index in [1.165, 1.54) is 12.2 Å². The maximum absolute atomic E-state index is 11.9. The van der Waals surface area contributed by atoms with E-state index in [-0.39, 0.29) is 105 Å². The molecule has 24 heteroatoms. The molecule has 0 bridgehead atoms. The van der Waals surface area contributed by atoms with Crippen LogP contribution in [0.2, 0.25) is 0 Å². The third kappa shape index (κ3) is 11.7. The molecule has 11 heterocycles. The van der Waals surface area contributed by atoms with Gasteiger partial charge in [0.25, 0.3) is 0 Å². The Kier molecular flexibility index (Phi) is 16.1. The van der Waals surface area contributed by atoms with Gasteiger partial charge in [-0.15, -0.1) is 6.58 Å². The molecule has 0 aromatic rings. The van der Waals surface area contributed by atoms with Gasteiger partial charge in [0.2, 0.25) is 0 Å². The molecule has 11 rings (SSSR count). The van der Waals surface area contributed by atoms with Crippen LogP contribution in [0.3, 0.4) is 0 Å². The Bertz CT molecular complexity index is 2300. The van der Waals surface area contributed by atoms with Crippen LogP contribution in [0.4, 0.5) is 0 Å². The minimum Gasteiger partial charge on any atom is -0.387 e. The summed E-state index contributed by atoms with van der Waals surface area (Å²) in [5.74, 6) is 0. The second kappa shape index (κ2) is 22.0. The van der Waals surface area contributed by atoms with E-state index < -0.39 is 100 Å². The van der Waals surface area contributed by atoms with Gasteiger partial charge in [0.05, 0.1) is 129 Å². The highest BCUT2D eigenvalue weighted by Crippen LogP contribution is 2.48. The summed E-state index contributed by atoms with van der Waals surface area (Å²) in [6.07, 6.45) is -0.698. The van der Waals surface area contributed by atoms with E-state index in [0.29, 0.717) is 56.1 Å². The van der Waals surface area contributed by atoms with Gasteiger partial charge in [-0.05, 0) is 62.5 Å². The smallest absolute Gasteiger partial charge is 0.387 e. The van der Waals surface area contributed by atoms with Crippen LogP contribution in [0.1, 0.15) is 96.3 Å². The molecule has 0 saturated carbocycles. The molecule has 0 aromatic carbocycles. The average Bonchev–Trinajstić information content (AvgIpc) is 3.51. The first kappa shape index (κ1) is 54.1. The number of rotatable bonds is 12. The summed E-state index contributed by atoms with van der Waals surface area (Å²) in [5, 5.41) is 33.0. The Morgan fingerprint density at radius 3 is 1.59 bits per heavy atom. The molecule has 11 aliphatic heterocycles. The first-order valence-electron chi connectivity index (χ1n) is 26.5. The summed E-state index contributed by atoms with van der Waals surface area (Å²) < 4.78 is 147. The normalized spacial score (nSPS) is 48.0. The lowest BCUT2D eigenvalue weighted by Crippen LogP contribution is -2.68. The highest BCUT2D eigenvalue weighted by molar-refractivity contribution is 7.81. The number of ether oxygens (including phenoxy) is 11. The first-order chi connectivity index (χ1) is 35.3. The molecule has 5 N–H and O–H groups in total. The molecule has 0 aromatic heterocycles. The van der Waals surface area contributed by atoms with Crippen molar-refractivity contribution in [2.45, 2.75) is 255 Å². The van der Waals surface area contributed by atoms with Crippen molar-refractivity contribution in [2.75, 3.05) is 6.61 Å². The van der Waals surface area contributed by atoms with Crippen LogP contribution >= 0.6 is 0 Å². The van der Waals surface area contributed by atoms with Gasteiger partial charge in [0.1, 0.15) is 36.6 Å². The van der Waals surface area contributed by atoms with Gasteiger partial charge in [-0.1, -0.05) is 31.4 Å². The molecule has 26 atom stereocenters. The third-order valence-electron chi connectivity index (χ3n) is 17.3. The van der Waals surface area contributed by atoms with E-state index in [2.05, 4.69) is 23.9 Å². The molecule has 0 radical (unpaired) electrons. The topological polar surface area (TPSA) is 289 Å². The Labute approximate surface area is 431 Å². The summed E-state index contributed by atoms with van der Waals surface area (Å²) in [7, 11) is -9.52. The monoisotopic (exact) mass is 1090 g/mol. The van der Waals surface area contributed by atoms with E-state index in [9.17, 15) is 36.7 Å². The van der Waals surface area contributed by atoms with E-state index in [1.54, 1.807) is 6.08 Å². The largest absolute Gasteiger partial charge is 0.397 e. The van der Waals surface area contributed by atoms with Gasteiger partial charge >= 0.3 is 20.8 Å². The van der Waals surface area contributed by atoms with Crippen molar-refractivity contribution in [1.29, 1.82) is 0 Å². The van der Waals surface area contributed by atoms with E-state index in [1.807, 2.05) is 0 Å². The van der Waals surface area contributed by atoms with Crippen LogP contribution in [0.25, 0.3) is 0 Å². The fourth-order valence-electron chi connectivity index (χ4n) is 13.8. The van der Waals surface area contributed by atoms with Gasteiger partial charge in [0, 0.05) is 44.9 Å². The number of hydrogen-bond acceptors (Lipinski definition) is 20. The third-order valence-corrected chi connectivity index (χ3v) is 18.2. The van der Waals surface area contributed by atoms with Gasteiger partial charge in [-0.25, -0.2) is 8.37 Å². The lowest BCUT2D eigenvalue weighted by Gasteiger charge is -2.55.